The molecular formula is C21H17N3O5. The molecule has 2 heterocycles. The number of carbonyl (C=O) groups excluding carboxylic acids is 2. The van der Waals surface area contributed by atoms with Crippen molar-refractivity contribution in [3.8, 4) is 11.5 Å². The Balaban J connectivity index is 1.37. The number of furan rings is 1. The van der Waals surface area contributed by atoms with Crippen LogP contribution in [0.1, 0.15) is 22.9 Å². The number of nitrogens with zero attached hydrogens (tertiary/aromatic N) is 2. The Morgan fingerprint density at radius 3 is 2.66 bits per heavy atom. The minimum Gasteiger partial charge on any atom is -0.463 e. The summed E-state index contributed by atoms with van der Waals surface area (Å²) in [6, 6.07) is 16.1. The van der Waals surface area contributed by atoms with Crippen LogP contribution in [-0.4, -0.2) is 29.2 Å². The summed E-state index contributed by atoms with van der Waals surface area (Å²) in [4.78, 5) is 23.8. The first-order valence-corrected chi connectivity index (χ1v) is 8.92. The topological polar surface area (TPSA) is 107 Å². The normalized spacial score (nSPS) is 10.8. The zero-order valence-electron chi connectivity index (χ0n) is 15.5. The largest absolute Gasteiger partial charge is 0.463 e. The van der Waals surface area contributed by atoms with Gasteiger partial charge in [0.2, 0.25) is 23.4 Å². The fraction of sp³-hybridized carbons (Fsp3) is 0.143. The minimum atomic E-state index is -0.554. The van der Waals surface area contributed by atoms with Gasteiger partial charge >= 0.3 is 5.97 Å². The summed E-state index contributed by atoms with van der Waals surface area (Å²) in [5, 5.41) is 11.5. The highest BCUT2D eigenvalue weighted by Crippen LogP contribution is 2.24. The van der Waals surface area contributed by atoms with Crippen LogP contribution in [-0.2, 0) is 16.0 Å². The molecule has 1 N–H and O–H groups in total. The van der Waals surface area contributed by atoms with E-state index >= 15 is 0 Å². The van der Waals surface area contributed by atoms with Crippen LogP contribution in [0.15, 0.2) is 63.4 Å². The highest BCUT2D eigenvalue weighted by Gasteiger charge is 2.14. The first kappa shape index (κ1) is 18.4. The van der Waals surface area contributed by atoms with Crippen molar-refractivity contribution in [3.05, 3.63) is 66.2 Å². The third-order valence-electron chi connectivity index (χ3n) is 4.24. The summed E-state index contributed by atoms with van der Waals surface area (Å²) < 4.78 is 15.7. The Morgan fingerprint density at radius 1 is 1.03 bits per heavy atom. The molecule has 8 nitrogen and oxygen atoms in total. The predicted octanol–water partition coefficient (Wildman–Crippen LogP) is 3.84. The number of amides is 1. The van der Waals surface area contributed by atoms with Crippen LogP contribution in [0, 0.1) is 0 Å². The van der Waals surface area contributed by atoms with Crippen molar-refractivity contribution in [3.63, 3.8) is 0 Å². The number of aromatic nitrogens is 2. The van der Waals surface area contributed by atoms with Gasteiger partial charge in [-0.15, -0.1) is 10.2 Å². The van der Waals surface area contributed by atoms with Crippen LogP contribution in [0.3, 0.4) is 0 Å². The number of carbonyl (C=O) groups is 2. The Morgan fingerprint density at radius 2 is 1.86 bits per heavy atom. The van der Waals surface area contributed by atoms with Gasteiger partial charge in [0.25, 0.3) is 0 Å². The fourth-order valence-corrected chi connectivity index (χ4v) is 2.82. The average molecular weight is 391 g/mol. The molecule has 1 amide bonds. The van der Waals surface area contributed by atoms with Gasteiger partial charge < -0.3 is 18.9 Å². The molecule has 146 valence electrons. The quantitative estimate of drug-likeness (QED) is 0.498. The maximum Gasteiger partial charge on any atom is 0.373 e. The number of methoxy groups -OCH3 is 1. The molecule has 0 bridgehead atoms. The lowest BCUT2D eigenvalue weighted by atomic mass is 10.2. The molecule has 2 aromatic carbocycles. The van der Waals surface area contributed by atoms with Crippen LogP contribution >= 0.6 is 0 Å². The standard InChI is InChI=1S/C21H17N3O5/c1-27-21(26)17-12-14-11-15(7-8-16(14)28-17)22-18(25)9-10-19-23-24-20(29-19)13-5-3-2-4-6-13/h2-8,11-12H,9-10H2,1H3,(H,22,25). The van der Waals surface area contributed by atoms with E-state index < -0.39 is 5.97 Å². The van der Waals surface area contributed by atoms with E-state index in [0.29, 0.717) is 34.9 Å². The highest BCUT2D eigenvalue weighted by atomic mass is 16.5. The second-order valence-corrected chi connectivity index (χ2v) is 6.27. The minimum absolute atomic E-state index is 0.108. The molecule has 0 radical (unpaired) electrons. The molecule has 2 aromatic heterocycles. The first-order chi connectivity index (χ1) is 14.1. The van der Waals surface area contributed by atoms with Gasteiger partial charge in [-0.3, -0.25) is 4.79 Å². The van der Waals surface area contributed by atoms with E-state index in [1.807, 2.05) is 30.3 Å². The Bertz CT molecular complexity index is 1160. The van der Waals surface area contributed by atoms with E-state index in [4.69, 9.17) is 8.83 Å². The number of esters is 1. The van der Waals surface area contributed by atoms with E-state index in [1.165, 1.54) is 7.11 Å². The van der Waals surface area contributed by atoms with Crippen molar-refractivity contribution >= 4 is 28.5 Å². The van der Waals surface area contributed by atoms with Crippen LogP contribution in [0.2, 0.25) is 0 Å². The van der Waals surface area contributed by atoms with E-state index in [-0.39, 0.29) is 18.1 Å². The van der Waals surface area contributed by atoms with Crippen molar-refractivity contribution in [2.75, 3.05) is 12.4 Å². The van der Waals surface area contributed by atoms with Crippen molar-refractivity contribution in [1.82, 2.24) is 10.2 Å². The summed E-state index contributed by atoms with van der Waals surface area (Å²) >= 11 is 0. The van der Waals surface area contributed by atoms with Gasteiger partial charge in [0.05, 0.1) is 7.11 Å². The lowest BCUT2D eigenvalue weighted by Gasteiger charge is -2.04. The zero-order valence-corrected chi connectivity index (χ0v) is 15.5. The third kappa shape index (κ3) is 4.16. The molecule has 4 aromatic rings. The van der Waals surface area contributed by atoms with Gasteiger partial charge in [0.15, 0.2) is 0 Å². The molecule has 0 saturated carbocycles. The number of hydrogen-bond acceptors (Lipinski definition) is 7. The van der Waals surface area contributed by atoms with Crippen molar-refractivity contribution < 1.29 is 23.2 Å². The summed E-state index contributed by atoms with van der Waals surface area (Å²) in [7, 11) is 1.29. The number of hydrogen-bond donors (Lipinski definition) is 1. The SMILES string of the molecule is COC(=O)c1cc2cc(NC(=O)CCc3nnc(-c4ccccc4)o3)ccc2o1. The number of aryl methyl sites for hydroxylation is 1. The molecule has 0 atom stereocenters. The molecule has 29 heavy (non-hydrogen) atoms. The molecule has 0 aliphatic heterocycles. The third-order valence-corrected chi connectivity index (χ3v) is 4.24. The smallest absolute Gasteiger partial charge is 0.373 e. The Hall–Kier alpha value is -3.94. The monoisotopic (exact) mass is 391 g/mol. The van der Waals surface area contributed by atoms with Gasteiger partial charge in [-0.05, 0) is 36.4 Å². The van der Waals surface area contributed by atoms with Crippen LogP contribution < -0.4 is 5.32 Å². The van der Waals surface area contributed by atoms with Gasteiger partial charge in [-0.2, -0.15) is 0 Å². The summed E-state index contributed by atoms with van der Waals surface area (Å²) in [6.45, 7) is 0. The molecule has 0 fully saturated rings. The van der Waals surface area contributed by atoms with E-state index in [0.717, 1.165) is 5.56 Å². The number of rotatable bonds is 6. The van der Waals surface area contributed by atoms with Crippen LogP contribution in [0.5, 0.6) is 0 Å². The number of fused-ring (bicyclic) bond motifs is 1. The molecule has 0 aliphatic carbocycles. The Labute approximate surface area is 165 Å². The van der Waals surface area contributed by atoms with Gasteiger partial charge in [-0.25, -0.2) is 4.79 Å². The van der Waals surface area contributed by atoms with Crippen LogP contribution in [0.4, 0.5) is 5.69 Å². The molecule has 0 unspecified atom stereocenters. The van der Waals surface area contributed by atoms with E-state index in [2.05, 4.69) is 20.3 Å². The molecule has 8 heteroatoms. The van der Waals surface area contributed by atoms with Crippen molar-refractivity contribution in [1.29, 1.82) is 0 Å². The van der Waals surface area contributed by atoms with Crippen molar-refractivity contribution in [2.24, 2.45) is 0 Å². The van der Waals surface area contributed by atoms with Crippen molar-refractivity contribution in [2.45, 2.75) is 12.8 Å². The summed E-state index contributed by atoms with van der Waals surface area (Å²) in [5.74, 6) is 0.179. The highest BCUT2D eigenvalue weighted by molar-refractivity contribution is 5.96. The second-order valence-electron chi connectivity index (χ2n) is 6.27. The number of nitrogens with one attached hydrogen (secondary N) is 1. The maximum absolute atomic E-state index is 12.3. The van der Waals surface area contributed by atoms with Gasteiger partial charge in [0.1, 0.15) is 5.58 Å². The maximum atomic E-state index is 12.3. The lowest BCUT2D eigenvalue weighted by molar-refractivity contribution is -0.116. The van der Waals surface area contributed by atoms with Gasteiger partial charge in [0, 0.05) is 29.5 Å². The summed E-state index contributed by atoms with van der Waals surface area (Å²) in [5.41, 5.74) is 1.95. The average Bonchev–Trinajstić information content (AvgIpc) is 3.39. The van der Waals surface area contributed by atoms with E-state index in [1.54, 1.807) is 24.3 Å². The zero-order chi connectivity index (χ0) is 20.2. The number of ether oxygens (including phenoxy) is 1. The molecular weight excluding hydrogens is 374 g/mol. The van der Waals surface area contributed by atoms with Crippen LogP contribution in [0.25, 0.3) is 22.4 Å². The summed E-state index contributed by atoms with van der Waals surface area (Å²) in [6.07, 6.45) is 0.513. The lowest BCUT2D eigenvalue weighted by Crippen LogP contribution is -2.12. The van der Waals surface area contributed by atoms with E-state index in [9.17, 15) is 9.59 Å². The predicted molar refractivity (Wildman–Crippen MR) is 104 cm³/mol. The first-order valence-electron chi connectivity index (χ1n) is 8.92. The molecule has 0 saturated heterocycles. The molecule has 4 rings (SSSR count). The fourth-order valence-electron chi connectivity index (χ4n) is 2.82. The number of anilines is 1. The molecule has 0 aliphatic rings. The van der Waals surface area contributed by atoms with Gasteiger partial charge in [-0.1, -0.05) is 18.2 Å². The second kappa shape index (κ2) is 7.97. The number of benzene rings is 2. The Kier molecular flexibility index (Phi) is 5.07. The molecule has 0 spiro atoms.